The molecule has 1 aromatic rings. The van der Waals surface area contributed by atoms with Gasteiger partial charge in [-0.2, -0.15) is 0 Å². The number of hydrogen-bond donors (Lipinski definition) is 1. The monoisotopic (exact) mass is 312 g/mol. The number of nitrogens with zero attached hydrogens (tertiary/aromatic N) is 1. The molecular weight excluding hydrogens is 280 g/mol. The van der Waals surface area contributed by atoms with Gasteiger partial charge in [0.05, 0.1) is 16.8 Å². The molecular formula is C17H32N2OS. The highest BCUT2D eigenvalue weighted by molar-refractivity contribution is 7.09. The maximum absolute atomic E-state index is 6.02. The van der Waals surface area contributed by atoms with Crippen molar-refractivity contribution in [3.8, 4) is 0 Å². The fourth-order valence-electron chi connectivity index (χ4n) is 2.45. The van der Waals surface area contributed by atoms with Crippen LogP contribution in [0.4, 0.5) is 0 Å². The molecule has 0 aliphatic carbocycles. The molecule has 0 aliphatic heterocycles. The van der Waals surface area contributed by atoms with Gasteiger partial charge in [-0.3, -0.25) is 0 Å². The minimum absolute atomic E-state index is 0.105. The standard InChI is InChI=1S/C17H32N2OS/c1-9-20-15(17(5,6)7)12(18-8)10-14-19-13(11-21-14)16(2,3)4/h11-12,15,18H,9-10H2,1-8H3. The number of aromatic nitrogens is 1. The molecule has 3 nitrogen and oxygen atoms in total. The van der Waals surface area contributed by atoms with Gasteiger partial charge >= 0.3 is 0 Å². The lowest BCUT2D eigenvalue weighted by Gasteiger charge is -2.36. The van der Waals surface area contributed by atoms with E-state index in [0.717, 1.165) is 13.0 Å². The third-order valence-corrected chi connectivity index (χ3v) is 4.52. The molecule has 0 aliphatic rings. The maximum Gasteiger partial charge on any atom is 0.0945 e. The van der Waals surface area contributed by atoms with Crippen molar-refractivity contribution in [1.29, 1.82) is 0 Å². The van der Waals surface area contributed by atoms with Crippen molar-refractivity contribution in [2.75, 3.05) is 13.7 Å². The van der Waals surface area contributed by atoms with Crippen LogP contribution in [0.25, 0.3) is 0 Å². The van der Waals surface area contributed by atoms with Crippen LogP contribution in [-0.4, -0.2) is 30.8 Å². The molecule has 2 atom stereocenters. The number of nitrogens with one attached hydrogen (secondary N) is 1. The molecule has 2 unspecified atom stereocenters. The lowest BCUT2D eigenvalue weighted by atomic mass is 9.83. The van der Waals surface area contributed by atoms with Gasteiger partial charge in [0.1, 0.15) is 0 Å². The molecule has 0 fully saturated rings. The highest BCUT2D eigenvalue weighted by atomic mass is 32.1. The predicted octanol–water partition coefficient (Wildman–Crippen LogP) is 4.02. The van der Waals surface area contributed by atoms with Gasteiger partial charge < -0.3 is 10.1 Å². The van der Waals surface area contributed by atoms with Crippen LogP contribution in [0.2, 0.25) is 0 Å². The number of ether oxygens (including phenoxy) is 1. The van der Waals surface area contributed by atoms with Crippen molar-refractivity contribution in [2.24, 2.45) is 5.41 Å². The first-order chi connectivity index (χ1) is 9.59. The van der Waals surface area contributed by atoms with E-state index in [-0.39, 0.29) is 23.0 Å². The van der Waals surface area contributed by atoms with Gasteiger partial charge in [-0.1, -0.05) is 41.5 Å². The van der Waals surface area contributed by atoms with Crippen LogP contribution in [0.3, 0.4) is 0 Å². The molecule has 1 rings (SSSR count). The Bertz CT molecular complexity index is 429. The minimum Gasteiger partial charge on any atom is -0.376 e. The fourth-order valence-corrected chi connectivity index (χ4v) is 3.53. The van der Waals surface area contributed by atoms with E-state index in [1.807, 2.05) is 7.05 Å². The summed E-state index contributed by atoms with van der Waals surface area (Å²) in [6.45, 7) is 16.1. The van der Waals surface area contributed by atoms with Crippen molar-refractivity contribution in [2.45, 2.75) is 72.4 Å². The summed E-state index contributed by atoms with van der Waals surface area (Å²) in [5.41, 5.74) is 1.40. The molecule has 0 bridgehead atoms. The number of rotatable bonds is 6. The van der Waals surface area contributed by atoms with Crippen molar-refractivity contribution in [1.82, 2.24) is 10.3 Å². The number of likely N-dealkylation sites (N-methyl/N-ethyl adjacent to an activating group) is 1. The largest absolute Gasteiger partial charge is 0.376 e. The van der Waals surface area contributed by atoms with Gasteiger partial charge in [-0.05, 0) is 19.4 Å². The molecule has 1 aromatic heterocycles. The summed E-state index contributed by atoms with van der Waals surface area (Å²) >= 11 is 1.76. The fraction of sp³-hybridized carbons (Fsp3) is 0.824. The van der Waals surface area contributed by atoms with Crippen LogP contribution >= 0.6 is 11.3 Å². The molecule has 0 spiro atoms. The molecule has 0 amide bonds. The van der Waals surface area contributed by atoms with E-state index >= 15 is 0 Å². The Morgan fingerprint density at radius 3 is 2.24 bits per heavy atom. The van der Waals surface area contributed by atoms with Gasteiger partial charge in [0.15, 0.2) is 0 Å². The van der Waals surface area contributed by atoms with Gasteiger partial charge in [0.25, 0.3) is 0 Å². The maximum atomic E-state index is 6.02. The Morgan fingerprint density at radius 2 is 1.86 bits per heavy atom. The van der Waals surface area contributed by atoms with Crippen LogP contribution in [0.15, 0.2) is 5.38 Å². The van der Waals surface area contributed by atoms with Crippen LogP contribution in [0, 0.1) is 5.41 Å². The molecule has 21 heavy (non-hydrogen) atoms. The summed E-state index contributed by atoms with van der Waals surface area (Å²) in [5.74, 6) is 0. The van der Waals surface area contributed by atoms with Gasteiger partial charge in [0, 0.05) is 29.9 Å². The molecule has 1 heterocycles. The van der Waals surface area contributed by atoms with Crippen molar-refractivity contribution in [3.63, 3.8) is 0 Å². The van der Waals surface area contributed by atoms with E-state index in [2.05, 4.69) is 59.2 Å². The van der Waals surface area contributed by atoms with Crippen molar-refractivity contribution < 1.29 is 4.74 Å². The Hall–Kier alpha value is -0.450. The first-order valence-corrected chi connectivity index (χ1v) is 8.71. The first-order valence-electron chi connectivity index (χ1n) is 7.83. The molecule has 0 saturated heterocycles. The number of thiazole rings is 1. The summed E-state index contributed by atoms with van der Waals surface area (Å²) in [4.78, 5) is 4.82. The average molecular weight is 313 g/mol. The summed E-state index contributed by atoms with van der Waals surface area (Å²) in [6, 6.07) is 0.281. The Kier molecular flexibility index (Phi) is 6.38. The van der Waals surface area contributed by atoms with Crippen molar-refractivity contribution >= 4 is 11.3 Å². The lowest BCUT2D eigenvalue weighted by Crippen LogP contribution is -2.48. The van der Waals surface area contributed by atoms with E-state index in [1.54, 1.807) is 11.3 Å². The third-order valence-electron chi connectivity index (χ3n) is 3.65. The van der Waals surface area contributed by atoms with Gasteiger partial charge in [0.2, 0.25) is 0 Å². The molecule has 4 heteroatoms. The Balaban J connectivity index is 2.88. The summed E-state index contributed by atoms with van der Waals surface area (Å²) in [5, 5.41) is 6.81. The van der Waals surface area contributed by atoms with E-state index in [4.69, 9.17) is 9.72 Å². The topological polar surface area (TPSA) is 34.1 Å². The molecule has 122 valence electrons. The highest BCUT2D eigenvalue weighted by Crippen LogP contribution is 2.29. The second-order valence-electron chi connectivity index (χ2n) is 7.72. The molecule has 0 aromatic carbocycles. The van der Waals surface area contributed by atoms with Crippen LogP contribution < -0.4 is 5.32 Å². The smallest absolute Gasteiger partial charge is 0.0945 e. The zero-order valence-corrected chi connectivity index (χ0v) is 15.7. The van der Waals surface area contributed by atoms with Gasteiger partial charge in [-0.15, -0.1) is 11.3 Å². The van der Waals surface area contributed by atoms with E-state index in [0.29, 0.717) is 0 Å². The molecule has 0 radical (unpaired) electrons. The second-order valence-corrected chi connectivity index (χ2v) is 8.66. The molecule has 0 saturated carbocycles. The van der Waals surface area contributed by atoms with E-state index in [1.165, 1.54) is 10.7 Å². The summed E-state index contributed by atoms with van der Waals surface area (Å²) in [7, 11) is 2.01. The zero-order chi connectivity index (χ0) is 16.3. The highest BCUT2D eigenvalue weighted by Gasteiger charge is 2.33. The Labute approximate surface area is 134 Å². The Morgan fingerprint density at radius 1 is 1.24 bits per heavy atom. The predicted molar refractivity (Wildman–Crippen MR) is 92.2 cm³/mol. The lowest BCUT2D eigenvalue weighted by molar-refractivity contribution is -0.0340. The first kappa shape index (κ1) is 18.6. The van der Waals surface area contributed by atoms with Gasteiger partial charge in [-0.25, -0.2) is 4.98 Å². The second kappa shape index (κ2) is 7.21. The summed E-state index contributed by atoms with van der Waals surface area (Å²) < 4.78 is 6.02. The average Bonchev–Trinajstić information content (AvgIpc) is 2.80. The SMILES string of the molecule is CCOC(C(Cc1nc(C(C)(C)C)cs1)NC)C(C)(C)C. The van der Waals surface area contributed by atoms with Crippen molar-refractivity contribution in [3.05, 3.63) is 16.1 Å². The van der Waals surface area contributed by atoms with E-state index in [9.17, 15) is 0 Å². The van der Waals surface area contributed by atoms with Crippen LogP contribution in [-0.2, 0) is 16.6 Å². The molecule has 1 N–H and O–H groups in total. The normalized spacial score (nSPS) is 16.0. The van der Waals surface area contributed by atoms with Crippen LogP contribution in [0.5, 0.6) is 0 Å². The summed E-state index contributed by atoms with van der Waals surface area (Å²) in [6.07, 6.45) is 1.09. The van der Waals surface area contributed by atoms with Crippen LogP contribution in [0.1, 0.15) is 59.2 Å². The third kappa shape index (κ3) is 5.35. The minimum atomic E-state index is 0.105. The number of hydrogen-bond acceptors (Lipinski definition) is 4. The quantitative estimate of drug-likeness (QED) is 0.861. The van der Waals surface area contributed by atoms with E-state index < -0.39 is 0 Å². The zero-order valence-electron chi connectivity index (χ0n) is 14.9.